The van der Waals surface area contributed by atoms with E-state index in [0.29, 0.717) is 5.92 Å². The van der Waals surface area contributed by atoms with Crippen molar-refractivity contribution in [2.45, 2.75) is 26.2 Å². The molecule has 1 nitrogen and oxygen atoms in total. The van der Waals surface area contributed by atoms with Gasteiger partial charge in [0.1, 0.15) is 0 Å². The van der Waals surface area contributed by atoms with Gasteiger partial charge in [-0.3, -0.25) is 0 Å². The normalized spacial score (nSPS) is 12.9. The first-order chi connectivity index (χ1) is 7.67. The molecule has 1 unspecified atom stereocenters. The predicted molar refractivity (Wildman–Crippen MR) is 75.0 cm³/mol. The summed E-state index contributed by atoms with van der Waals surface area (Å²) >= 11 is 1.80. The second-order valence-corrected chi connectivity index (χ2v) is 5.23. The van der Waals surface area contributed by atoms with Gasteiger partial charge < -0.3 is 5.73 Å². The molecular weight excluding hydrogens is 214 g/mol. The van der Waals surface area contributed by atoms with Crippen molar-refractivity contribution in [1.82, 2.24) is 0 Å². The monoisotopic (exact) mass is 231 g/mol. The molecule has 0 aliphatic heterocycles. The van der Waals surface area contributed by atoms with Crippen LogP contribution >= 0.6 is 11.3 Å². The summed E-state index contributed by atoms with van der Waals surface area (Å²) in [5.74, 6) is 0.559. The van der Waals surface area contributed by atoms with Crippen LogP contribution < -0.4 is 5.73 Å². The highest BCUT2D eigenvalue weighted by Gasteiger charge is 2.14. The maximum atomic E-state index is 5.86. The third-order valence-corrected chi connectivity index (χ3v) is 4.25. The quantitative estimate of drug-likeness (QED) is 0.765. The minimum absolute atomic E-state index is 0.559. The predicted octanol–water partition coefficient (Wildman–Crippen LogP) is 4.64. The van der Waals surface area contributed by atoms with Crippen LogP contribution in [0.4, 0.5) is 5.69 Å². The lowest BCUT2D eigenvalue weighted by atomic mass is 9.95. The number of hydrogen-bond acceptors (Lipinski definition) is 2. The summed E-state index contributed by atoms with van der Waals surface area (Å²) in [5.41, 5.74) is 8.11. The molecule has 0 aliphatic rings. The maximum absolute atomic E-state index is 5.86. The molecule has 0 bridgehead atoms. The van der Waals surface area contributed by atoms with Gasteiger partial charge in [0.2, 0.25) is 0 Å². The van der Waals surface area contributed by atoms with Crippen LogP contribution in [0.5, 0.6) is 0 Å². The second kappa shape index (κ2) is 4.30. The third kappa shape index (κ3) is 1.74. The molecule has 0 spiro atoms. The van der Waals surface area contributed by atoms with Crippen LogP contribution in [0.2, 0.25) is 0 Å². The Morgan fingerprint density at radius 2 is 2.25 bits per heavy atom. The molecule has 16 heavy (non-hydrogen) atoms. The lowest BCUT2D eigenvalue weighted by molar-refractivity contribution is 0.741. The molecule has 2 N–H and O–H groups in total. The van der Waals surface area contributed by atoms with Crippen LogP contribution in [0, 0.1) is 0 Å². The highest BCUT2D eigenvalue weighted by molar-refractivity contribution is 7.20. The van der Waals surface area contributed by atoms with Gasteiger partial charge in [0.15, 0.2) is 0 Å². The Morgan fingerprint density at radius 1 is 1.50 bits per heavy atom. The van der Waals surface area contributed by atoms with Crippen molar-refractivity contribution in [3.63, 3.8) is 0 Å². The highest BCUT2D eigenvalue weighted by Crippen LogP contribution is 2.38. The molecule has 0 aliphatic carbocycles. The van der Waals surface area contributed by atoms with Gasteiger partial charge in [-0.2, -0.15) is 0 Å². The molecule has 1 aromatic heterocycles. The van der Waals surface area contributed by atoms with Gasteiger partial charge in [-0.1, -0.05) is 26.5 Å². The number of thiophene rings is 1. The van der Waals surface area contributed by atoms with Crippen molar-refractivity contribution < 1.29 is 0 Å². The van der Waals surface area contributed by atoms with E-state index < -0.39 is 0 Å². The van der Waals surface area contributed by atoms with Crippen molar-refractivity contribution in [3.8, 4) is 0 Å². The zero-order chi connectivity index (χ0) is 11.7. The number of hydrogen-bond donors (Lipinski definition) is 1. The molecule has 0 radical (unpaired) electrons. The Labute approximate surface area is 101 Å². The number of nitrogens with two attached hydrogens (primary N) is 1. The van der Waals surface area contributed by atoms with E-state index in [-0.39, 0.29) is 0 Å². The molecule has 0 fully saturated rings. The largest absolute Gasteiger partial charge is 0.399 e. The Morgan fingerprint density at radius 3 is 2.88 bits per heavy atom. The summed E-state index contributed by atoms with van der Waals surface area (Å²) in [6.45, 7) is 8.38. The maximum Gasteiger partial charge on any atom is 0.0353 e. The van der Waals surface area contributed by atoms with E-state index in [9.17, 15) is 0 Å². The van der Waals surface area contributed by atoms with Crippen LogP contribution in [0.1, 0.15) is 36.6 Å². The zero-order valence-corrected chi connectivity index (χ0v) is 10.6. The molecule has 1 heterocycles. The van der Waals surface area contributed by atoms with Gasteiger partial charge in [0, 0.05) is 15.3 Å². The molecule has 2 aromatic rings. The third-order valence-electron chi connectivity index (χ3n) is 3.07. The van der Waals surface area contributed by atoms with Gasteiger partial charge in [-0.25, -0.2) is 0 Å². The molecule has 1 aromatic carbocycles. The van der Waals surface area contributed by atoms with Crippen LogP contribution in [0.15, 0.2) is 24.8 Å². The molecule has 2 rings (SSSR count). The summed E-state index contributed by atoms with van der Waals surface area (Å²) in [6, 6.07) is 6.15. The fourth-order valence-corrected chi connectivity index (χ4v) is 3.17. The van der Waals surface area contributed by atoms with Crippen molar-refractivity contribution in [2.75, 3.05) is 5.73 Å². The standard InChI is InChI=1S/C14H17NS/c1-4-9(3)14-11-8-10(15)6-7-13(11)16-12(14)5-2/h5-9H,2,4,15H2,1,3H3. The number of anilines is 1. The van der Waals surface area contributed by atoms with E-state index in [1.165, 1.54) is 20.5 Å². The number of rotatable bonds is 3. The summed E-state index contributed by atoms with van der Waals surface area (Å²) in [4.78, 5) is 1.29. The summed E-state index contributed by atoms with van der Waals surface area (Å²) in [7, 11) is 0. The minimum Gasteiger partial charge on any atom is -0.399 e. The first kappa shape index (κ1) is 11.2. The average Bonchev–Trinajstić information content (AvgIpc) is 2.65. The van der Waals surface area contributed by atoms with Crippen molar-refractivity contribution in [2.24, 2.45) is 0 Å². The Bertz CT molecular complexity index is 525. The SMILES string of the molecule is C=Cc1sc2ccc(N)cc2c1C(C)CC. The van der Waals surface area contributed by atoms with Crippen molar-refractivity contribution in [3.05, 3.63) is 35.2 Å². The zero-order valence-electron chi connectivity index (χ0n) is 9.79. The van der Waals surface area contributed by atoms with Gasteiger partial charge in [-0.15, -0.1) is 11.3 Å². The van der Waals surface area contributed by atoms with E-state index in [2.05, 4.69) is 32.6 Å². The summed E-state index contributed by atoms with van der Waals surface area (Å²) in [6.07, 6.45) is 3.10. The lowest BCUT2D eigenvalue weighted by Gasteiger charge is -2.09. The molecular formula is C14H17NS. The number of benzene rings is 1. The Balaban J connectivity index is 2.75. The van der Waals surface area contributed by atoms with Gasteiger partial charge in [0.25, 0.3) is 0 Å². The minimum atomic E-state index is 0.559. The summed E-state index contributed by atoms with van der Waals surface area (Å²) in [5, 5.41) is 1.30. The fraction of sp³-hybridized carbons (Fsp3) is 0.286. The average molecular weight is 231 g/mol. The lowest BCUT2D eigenvalue weighted by Crippen LogP contribution is -1.92. The smallest absolute Gasteiger partial charge is 0.0353 e. The molecule has 84 valence electrons. The van der Waals surface area contributed by atoms with E-state index in [1.807, 2.05) is 12.1 Å². The molecule has 0 saturated heterocycles. The van der Waals surface area contributed by atoms with E-state index in [0.717, 1.165) is 12.1 Å². The summed E-state index contributed by atoms with van der Waals surface area (Å²) < 4.78 is 1.31. The first-order valence-electron chi connectivity index (χ1n) is 5.61. The molecule has 0 amide bonds. The topological polar surface area (TPSA) is 26.0 Å². The van der Waals surface area contributed by atoms with Gasteiger partial charge in [0.05, 0.1) is 0 Å². The van der Waals surface area contributed by atoms with Crippen LogP contribution in [-0.2, 0) is 0 Å². The van der Waals surface area contributed by atoms with Crippen LogP contribution in [0.25, 0.3) is 16.2 Å². The van der Waals surface area contributed by atoms with Crippen LogP contribution in [-0.4, -0.2) is 0 Å². The second-order valence-electron chi connectivity index (χ2n) is 4.15. The van der Waals surface area contributed by atoms with Crippen molar-refractivity contribution >= 4 is 33.2 Å². The van der Waals surface area contributed by atoms with E-state index in [4.69, 9.17) is 5.73 Å². The Hall–Kier alpha value is -1.28. The van der Waals surface area contributed by atoms with Gasteiger partial charge >= 0.3 is 0 Å². The first-order valence-corrected chi connectivity index (χ1v) is 6.43. The molecule has 1 atom stereocenters. The number of fused-ring (bicyclic) bond motifs is 1. The van der Waals surface area contributed by atoms with Crippen LogP contribution in [0.3, 0.4) is 0 Å². The van der Waals surface area contributed by atoms with Gasteiger partial charge in [-0.05, 0) is 41.5 Å². The number of nitrogen functional groups attached to an aromatic ring is 1. The molecule has 0 saturated carbocycles. The van der Waals surface area contributed by atoms with E-state index in [1.54, 1.807) is 11.3 Å². The Kier molecular flexibility index (Phi) is 3.01. The van der Waals surface area contributed by atoms with E-state index >= 15 is 0 Å². The highest BCUT2D eigenvalue weighted by atomic mass is 32.1. The molecule has 2 heteroatoms. The van der Waals surface area contributed by atoms with Crippen molar-refractivity contribution in [1.29, 1.82) is 0 Å². The fourth-order valence-electron chi connectivity index (χ4n) is 2.02.